The minimum Gasteiger partial charge on any atom is -0.454 e. The summed E-state index contributed by atoms with van der Waals surface area (Å²) in [4.78, 5) is 58.0. The molecule has 2 fully saturated rings. The number of carbonyl (C=O) groups is 4. The van der Waals surface area contributed by atoms with Gasteiger partial charge in [-0.15, -0.1) is 0 Å². The summed E-state index contributed by atoms with van der Waals surface area (Å²) in [5.74, 6) is -1.66. The number of aromatic nitrogens is 1. The molecular weight excluding hydrogens is 540 g/mol. The standard InChI is InChI=1S/C33H27ClN2O5/c1-19-6-15-28-26(16-19)27(33(40)41-18-30(37)21-7-11-22(34)12-8-21)17-29(35-28)20-9-13-23(14-10-20)36-31(38)24-4-2-3-5-25(24)32(36)39/h6-17,24-25H,2-5,18H2,1H3/t24-,25-/m1/s1. The van der Waals surface area contributed by atoms with E-state index in [1.807, 2.05) is 25.1 Å². The number of anilines is 1. The van der Waals surface area contributed by atoms with Crippen molar-refractivity contribution < 1.29 is 23.9 Å². The molecule has 2 aliphatic rings. The number of Topliss-reactive ketones (excluding diaryl/α,β-unsaturated/α-hetero) is 1. The van der Waals surface area contributed by atoms with Crippen LogP contribution in [0.15, 0.2) is 72.8 Å². The molecule has 206 valence electrons. The third-order valence-electron chi connectivity index (χ3n) is 7.95. The number of fused-ring (bicyclic) bond motifs is 2. The Morgan fingerprint density at radius 1 is 0.902 bits per heavy atom. The lowest BCUT2D eigenvalue weighted by molar-refractivity contribution is -0.122. The molecule has 0 bridgehead atoms. The Labute approximate surface area is 242 Å². The molecule has 1 aliphatic heterocycles. The van der Waals surface area contributed by atoms with Crippen LogP contribution in [0.4, 0.5) is 5.69 Å². The van der Waals surface area contributed by atoms with E-state index in [9.17, 15) is 19.2 Å². The molecule has 0 spiro atoms. The van der Waals surface area contributed by atoms with Gasteiger partial charge in [0.15, 0.2) is 12.4 Å². The Hall–Kier alpha value is -4.36. The maximum atomic E-state index is 13.3. The summed E-state index contributed by atoms with van der Waals surface area (Å²) in [6.45, 7) is 1.50. The van der Waals surface area contributed by atoms with Crippen LogP contribution >= 0.6 is 11.6 Å². The highest BCUT2D eigenvalue weighted by atomic mass is 35.5. The molecule has 6 rings (SSSR count). The Morgan fingerprint density at radius 2 is 1.56 bits per heavy atom. The zero-order chi connectivity index (χ0) is 28.7. The normalized spacial score (nSPS) is 18.4. The first kappa shape index (κ1) is 26.8. The number of esters is 1. The van der Waals surface area contributed by atoms with Crippen molar-refractivity contribution in [3.63, 3.8) is 0 Å². The zero-order valence-electron chi connectivity index (χ0n) is 22.4. The molecule has 2 amide bonds. The van der Waals surface area contributed by atoms with E-state index in [4.69, 9.17) is 21.3 Å². The highest BCUT2D eigenvalue weighted by molar-refractivity contribution is 6.30. The second kappa shape index (κ2) is 10.9. The number of ether oxygens (including phenoxy) is 1. The first-order valence-corrected chi connectivity index (χ1v) is 14.0. The summed E-state index contributed by atoms with van der Waals surface area (Å²) in [6.07, 6.45) is 3.46. The predicted octanol–water partition coefficient (Wildman–Crippen LogP) is 6.58. The number of carbonyl (C=O) groups excluding carboxylic acids is 4. The number of amides is 2. The van der Waals surface area contributed by atoms with E-state index in [0.29, 0.717) is 38.4 Å². The van der Waals surface area contributed by atoms with Crippen molar-refractivity contribution in [3.8, 4) is 11.3 Å². The monoisotopic (exact) mass is 566 g/mol. The molecule has 2 heterocycles. The summed E-state index contributed by atoms with van der Waals surface area (Å²) < 4.78 is 5.44. The van der Waals surface area contributed by atoms with Gasteiger partial charge in [-0.05, 0) is 74.4 Å². The number of nitrogens with zero attached hydrogens (tertiary/aromatic N) is 2. The number of hydrogen-bond acceptors (Lipinski definition) is 6. The quantitative estimate of drug-likeness (QED) is 0.149. The molecule has 1 saturated carbocycles. The molecule has 1 aromatic heterocycles. The van der Waals surface area contributed by atoms with Crippen molar-refractivity contribution in [2.24, 2.45) is 11.8 Å². The summed E-state index contributed by atoms with van der Waals surface area (Å²) in [6, 6.07) is 20.7. The molecule has 7 nitrogen and oxygen atoms in total. The number of ketones is 1. The lowest BCUT2D eigenvalue weighted by Gasteiger charge is -2.19. The molecule has 1 saturated heterocycles. The van der Waals surface area contributed by atoms with Gasteiger partial charge in [-0.3, -0.25) is 19.3 Å². The van der Waals surface area contributed by atoms with E-state index in [1.54, 1.807) is 54.6 Å². The van der Waals surface area contributed by atoms with Gasteiger partial charge in [0.1, 0.15) is 0 Å². The number of benzene rings is 3. The lowest BCUT2D eigenvalue weighted by Crippen LogP contribution is -2.30. The third-order valence-corrected chi connectivity index (χ3v) is 8.20. The van der Waals surface area contributed by atoms with Crippen molar-refractivity contribution in [1.29, 1.82) is 0 Å². The average molecular weight is 567 g/mol. The number of pyridine rings is 1. The molecule has 0 unspecified atom stereocenters. The van der Waals surface area contributed by atoms with Crippen LogP contribution < -0.4 is 4.90 Å². The van der Waals surface area contributed by atoms with Crippen LogP contribution in [0.2, 0.25) is 5.02 Å². The van der Waals surface area contributed by atoms with Crippen molar-refractivity contribution in [1.82, 2.24) is 4.98 Å². The summed E-state index contributed by atoms with van der Waals surface area (Å²) >= 11 is 5.90. The second-order valence-corrected chi connectivity index (χ2v) is 11.1. The van der Waals surface area contributed by atoms with Crippen LogP contribution in [-0.4, -0.2) is 35.2 Å². The van der Waals surface area contributed by atoms with Crippen molar-refractivity contribution in [2.45, 2.75) is 32.6 Å². The number of imide groups is 1. The molecule has 4 aromatic rings. The molecule has 0 N–H and O–H groups in total. The van der Waals surface area contributed by atoms with Gasteiger partial charge in [0, 0.05) is 21.5 Å². The molecule has 8 heteroatoms. The van der Waals surface area contributed by atoms with Gasteiger partial charge in [-0.2, -0.15) is 0 Å². The van der Waals surface area contributed by atoms with Crippen LogP contribution in [0.3, 0.4) is 0 Å². The minimum absolute atomic E-state index is 0.121. The largest absolute Gasteiger partial charge is 0.454 e. The first-order chi connectivity index (χ1) is 19.8. The van der Waals surface area contributed by atoms with E-state index in [1.165, 1.54) is 4.90 Å². The van der Waals surface area contributed by atoms with E-state index >= 15 is 0 Å². The van der Waals surface area contributed by atoms with Gasteiger partial charge >= 0.3 is 5.97 Å². The van der Waals surface area contributed by atoms with Crippen molar-refractivity contribution >= 4 is 51.8 Å². The molecule has 1 aliphatic carbocycles. The molecular formula is C33H27ClN2O5. The Bertz CT molecular complexity index is 1670. The number of aryl methyl sites for hydroxylation is 1. The van der Waals surface area contributed by atoms with Crippen molar-refractivity contribution in [2.75, 3.05) is 11.5 Å². The second-order valence-electron chi connectivity index (χ2n) is 10.6. The van der Waals surface area contributed by atoms with Gasteiger partial charge in [0.25, 0.3) is 0 Å². The highest BCUT2D eigenvalue weighted by Gasteiger charge is 2.48. The van der Waals surface area contributed by atoms with Crippen LogP contribution in [-0.2, 0) is 14.3 Å². The Balaban J connectivity index is 1.28. The van der Waals surface area contributed by atoms with E-state index < -0.39 is 12.6 Å². The van der Waals surface area contributed by atoms with Gasteiger partial charge < -0.3 is 4.74 Å². The predicted molar refractivity (Wildman–Crippen MR) is 156 cm³/mol. The third kappa shape index (κ3) is 5.13. The average Bonchev–Trinajstić information content (AvgIpc) is 3.25. The van der Waals surface area contributed by atoms with E-state index in [0.717, 1.165) is 31.2 Å². The van der Waals surface area contributed by atoms with Gasteiger partial charge in [0.2, 0.25) is 11.8 Å². The fourth-order valence-corrected chi connectivity index (χ4v) is 5.91. The first-order valence-electron chi connectivity index (χ1n) is 13.7. The topological polar surface area (TPSA) is 93.6 Å². The number of rotatable bonds is 6. The molecule has 0 radical (unpaired) electrons. The van der Waals surface area contributed by atoms with Crippen LogP contribution in [0.5, 0.6) is 0 Å². The Kier molecular flexibility index (Phi) is 7.14. The number of hydrogen-bond donors (Lipinski definition) is 0. The van der Waals surface area contributed by atoms with Gasteiger partial charge in [0.05, 0.1) is 34.3 Å². The highest BCUT2D eigenvalue weighted by Crippen LogP contribution is 2.40. The van der Waals surface area contributed by atoms with Crippen molar-refractivity contribution in [3.05, 3.63) is 94.5 Å². The smallest absolute Gasteiger partial charge is 0.339 e. The molecule has 3 aromatic carbocycles. The summed E-state index contributed by atoms with van der Waals surface area (Å²) in [5, 5.41) is 1.12. The van der Waals surface area contributed by atoms with E-state index in [2.05, 4.69) is 0 Å². The summed E-state index contributed by atoms with van der Waals surface area (Å²) in [5.41, 5.74) is 4.00. The lowest BCUT2D eigenvalue weighted by atomic mass is 9.81. The minimum atomic E-state index is -0.640. The number of halogens is 1. The van der Waals surface area contributed by atoms with Crippen LogP contribution in [0.25, 0.3) is 22.2 Å². The van der Waals surface area contributed by atoms with E-state index in [-0.39, 0.29) is 35.0 Å². The summed E-state index contributed by atoms with van der Waals surface area (Å²) in [7, 11) is 0. The SMILES string of the molecule is Cc1ccc2nc(-c3ccc(N4C(=O)[C@@H]5CCCC[C@H]5C4=O)cc3)cc(C(=O)OCC(=O)c3ccc(Cl)cc3)c2c1. The van der Waals surface area contributed by atoms with Crippen LogP contribution in [0, 0.1) is 18.8 Å². The molecule has 41 heavy (non-hydrogen) atoms. The molecule has 2 atom stereocenters. The fourth-order valence-electron chi connectivity index (χ4n) is 5.78. The fraction of sp³-hybridized carbons (Fsp3) is 0.242. The van der Waals surface area contributed by atoms with Gasteiger partial charge in [-0.1, -0.05) is 48.2 Å². The van der Waals surface area contributed by atoms with Crippen LogP contribution in [0.1, 0.15) is 52.0 Å². The zero-order valence-corrected chi connectivity index (χ0v) is 23.2. The van der Waals surface area contributed by atoms with Gasteiger partial charge in [-0.25, -0.2) is 9.78 Å². The Morgan fingerprint density at radius 3 is 2.22 bits per heavy atom. The maximum absolute atomic E-state index is 13.3. The maximum Gasteiger partial charge on any atom is 0.339 e.